The van der Waals surface area contributed by atoms with Gasteiger partial charge in [0, 0.05) is 11.0 Å². The molecule has 5 nitrogen and oxygen atoms in total. The molecule has 0 saturated heterocycles. The highest BCUT2D eigenvalue weighted by Gasteiger charge is 2.36. The number of esters is 1. The molecule has 0 bridgehead atoms. The van der Waals surface area contributed by atoms with E-state index in [0.29, 0.717) is 5.56 Å². The number of ether oxygens (including phenoxy) is 1. The van der Waals surface area contributed by atoms with Crippen LogP contribution in [0.4, 0.5) is 0 Å². The molecule has 1 aromatic carbocycles. The van der Waals surface area contributed by atoms with Gasteiger partial charge in [-0.2, -0.15) is 0 Å². The van der Waals surface area contributed by atoms with E-state index < -0.39 is 17.4 Å². The number of phenols is 2. The summed E-state index contributed by atoms with van der Waals surface area (Å²) in [6.45, 7) is 3.40. The zero-order valence-electron chi connectivity index (χ0n) is 10.1. The second-order valence-electron chi connectivity index (χ2n) is 4.42. The summed E-state index contributed by atoms with van der Waals surface area (Å²) in [6.07, 6.45) is 0. The third-order valence-corrected chi connectivity index (χ3v) is 2.91. The smallest absolute Gasteiger partial charge is 0.323 e. The van der Waals surface area contributed by atoms with E-state index in [0.717, 1.165) is 0 Å². The van der Waals surface area contributed by atoms with Crippen molar-refractivity contribution >= 4 is 5.97 Å². The fraction of sp³-hybridized carbons (Fsp3) is 0.417. The first-order valence-electron chi connectivity index (χ1n) is 5.16. The second-order valence-corrected chi connectivity index (χ2v) is 4.42. The van der Waals surface area contributed by atoms with Crippen molar-refractivity contribution in [3.05, 3.63) is 23.8 Å². The number of phenolic OH excluding ortho intramolecular Hbond substituents is 2. The van der Waals surface area contributed by atoms with E-state index in [1.165, 1.54) is 25.3 Å². The molecule has 1 unspecified atom stereocenters. The Bertz CT molecular complexity index is 429. The van der Waals surface area contributed by atoms with E-state index >= 15 is 0 Å². The monoisotopic (exact) mass is 239 g/mol. The summed E-state index contributed by atoms with van der Waals surface area (Å²) in [5.41, 5.74) is 5.34. The van der Waals surface area contributed by atoms with Crippen LogP contribution in [0, 0.1) is 0 Å². The largest absolute Gasteiger partial charge is 0.508 e. The highest BCUT2D eigenvalue weighted by atomic mass is 16.5. The topological polar surface area (TPSA) is 92.8 Å². The van der Waals surface area contributed by atoms with Crippen LogP contribution in [0.2, 0.25) is 0 Å². The molecule has 0 heterocycles. The maximum absolute atomic E-state index is 11.4. The van der Waals surface area contributed by atoms with Gasteiger partial charge in [0.25, 0.3) is 0 Å². The number of nitrogens with two attached hydrogens (primary N) is 1. The molecule has 1 aromatic rings. The lowest BCUT2D eigenvalue weighted by molar-refractivity contribution is -0.143. The van der Waals surface area contributed by atoms with Gasteiger partial charge < -0.3 is 20.7 Å². The van der Waals surface area contributed by atoms with Gasteiger partial charge in [-0.25, -0.2) is 0 Å². The molecule has 17 heavy (non-hydrogen) atoms. The molecule has 0 fully saturated rings. The summed E-state index contributed by atoms with van der Waals surface area (Å²) >= 11 is 0. The Hall–Kier alpha value is -1.75. The van der Waals surface area contributed by atoms with Crippen molar-refractivity contribution in [2.75, 3.05) is 7.11 Å². The first-order valence-corrected chi connectivity index (χ1v) is 5.16. The van der Waals surface area contributed by atoms with Gasteiger partial charge in [-0.15, -0.1) is 0 Å². The molecule has 0 spiro atoms. The summed E-state index contributed by atoms with van der Waals surface area (Å²) in [4.78, 5) is 11.4. The zero-order valence-corrected chi connectivity index (χ0v) is 10.1. The van der Waals surface area contributed by atoms with Gasteiger partial charge in [-0.1, -0.05) is 13.8 Å². The predicted molar refractivity (Wildman–Crippen MR) is 62.8 cm³/mol. The number of aromatic hydroxyl groups is 2. The van der Waals surface area contributed by atoms with Gasteiger partial charge in [-0.05, 0) is 18.2 Å². The van der Waals surface area contributed by atoms with Crippen LogP contribution >= 0.6 is 0 Å². The number of carbonyl (C=O) groups is 1. The number of hydrogen-bond donors (Lipinski definition) is 3. The van der Waals surface area contributed by atoms with Crippen molar-refractivity contribution < 1.29 is 19.7 Å². The third-order valence-electron chi connectivity index (χ3n) is 2.91. The van der Waals surface area contributed by atoms with Crippen LogP contribution in [0.3, 0.4) is 0 Å². The van der Waals surface area contributed by atoms with Crippen LogP contribution in [-0.2, 0) is 14.9 Å². The van der Waals surface area contributed by atoms with E-state index in [4.69, 9.17) is 5.73 Å². The Morgan fingerprint density at radius 2 is 2.00 bits per heavy atom. The lowest BCUT2D eigenvalue weighted by atomic mass is 9.77. The molecule has 0 amide bonds. The summed E-state index contributed by atoms with van der Waals surface area (Å²) in [6, 6.07) is 3.17. The van der Waals surface area contributed by atoms with Crippen molar-refractivity contribution in [3.63, 3.8) is 0 Å². The van der Waals surface area contributed by atoms with Gasteiger partial charge in [0.05, 0.1) is 7.11 Å². The Kier molecular flexibility index (Phi) is 3.63. The highest BCUT2D eigenvalue weighted by Crippen LogP contribution is 2.35. The fourth-order valence-electron chi connectivity index (χ4n) is 1.63. The first kappa shape index (κ1) is 13.3. The third kappa shape index (κ3) is 2.50. The standard InChI is InChI=1S/C12H17NO4/c1-12(2,10(13)11(16)17-3)8-6-7(14)4-5-9(8)15/h4-6,10,14-15H,13H2,1-3H3. The van der Waals surface area contributed by atoms with Crippen LogP contribution < -0.4 is 5.73 Å². The van der Waals surface area contributed by atoms with Gasteiger partial charge >= 0.3 is 5.97 Å². The lowest BCUT2D eigenvalue weighted by Crippen LogP contribution is -2.47. The molecule has 0 aliphatic carbocycles. The second kappa shape index (κ2) is 4.63. The number of carbonyl (C=O) groups excluding carboxylic acids is 1. The van der Waals surface area contributed by atoms with E-state index in [1.807, 2.05) is 0 Å². The molecule has 1 atom stereocenters. The van der Waals surface area contributed by atoms with Crippen molar-refractivity contribution in [1.29, 1.82) is 0 Å². The molecular formula is C12H17NO4. The van der Waals surface area contributed by atoms with E-state index in [-0.39, 0.29) is 11.5 Å². The maximum Gasteiger partial charge on any atom is 0.323 e. The minimum absolute atomic E-state index is 0.00272. The average Bonchev–Trinajstić information content (AvgIpc) is 2.30. The molecule has 4 N–H and O–H groups in total. The van der Waals surface area contributed by atoms with Crippen LogP contribution in [0.1, 0.15) is 19.4 Å². The Morgan fingerprint density at radius 1 is 1.41 bits per heavy atom. The molecule has 1 rings (SSSR count). The van der Waals surface area contributed by atoms with Crippen molar-refractivity contribution in [3.8, 4) is 11.5 Å². The number of rotatable bonds is 3. The maximum atomic E-state index is 11.4. The van der Waals surface area contributed by atoms with Crippen LogP contribution in [0.25, 0.3) is 0 Å². The van der Waals surface area contributed by atoms with Gasteiger partial charge in [0.15, 0.2) is 0 Å². The number of benzene rings is 1. The van der Waals surface area contributed by atoms with Gasteiger partial charge in [0.1, 0.15) is 17.5 Å². The minimum Gasteiger partial charge on any atom is -0.508 e. The van der Waals surface area contributed by atoms with Crippen LogP contribution in [0.5, 0.6) is 11.5 Å². The minimum atomic E-state index is -0.930. The normalized spacial score (nSPS) is 13.2. The molecule has 0 saturated carbocycles. The van der Waals surface area contributed by atoms with E-state index in [1.54, 1.807) is 13.8 Å². The Morgan fingerprint density at radius 3 is 2.53 bits per heavy atom. The van der Waals surface area contributed by atoms with E-state index in [2.05, 4.69) is 4.74 Å². The summed E-state index contributed by atoms with van der Waals surface area (Å²) in [7, 11) is 1.25. The molecular weight excluding hydrogens is 222 g/mol. The molecule has 5 heteroatoms. The van der Waals surface area contributed by atoms with E-state index in [9.17, 15) is 15.0 Å². The fourth-order valence-corrected chi connectivity index (χ4v) is 1.63. The number of methoxy groups -OCH3 is 1. The quantitative estimate of drug-likeness (QED) is 0.537. The molecule has 0 aliphatic heterocycles. The van der Waals surface area contributed by atoms with Crippen LogP contribution in [-0.4, -0.2) is 29.3 Å². The van der Waals surface area contributed by atoms with Crippen molar-refractivity contribution in [2.24, 2.45) is 5.73 Å². The summed E-state index contributed by atoms with van der Waals surface area (Å²) in [5, 5.41) is 19.2. The van der Waals surface area contributed by atoms with Gasteiger partial charge in [0.2, 0.25) is 0 Å². The SMILES string of the molecule is COC(=O)C(N)C(C)(C)c1cc(O)ccc1O. The Balaban J connectivity index is 3.20. The molecule has 0 aromatic heterocycles. The van der Waals surface area contributed by atoms with Gasteiger partial charge in [-0.3, -0.25) is 4.79 Å². The summed E-state index contributed by atoms with van der Waals surface area (Å²) < 4.78 is 4.58. The molecule has 0 radical (unpaired) electrons. The summed E-state index contributed by atoms with van der Waals surface area (Å²) in [5.74, 6) is -0.590. The lowest BCUT2D eigenvalue weighted by Gasteiger charge is -2.30. The highest BCUT2D eigenvalue weighted by molar-refractivity contribution is 5.78. The van der Waals surface area contributed by atoms with Crippen molar-refractivity contribution in [2.45, 2.75) is 25.3 Å². The Labute approximate surface area is 99.8 Å². The van der Waals surface area contributed by atoms with Crippen LogP contribution in [0.15, 0.2) is 18.2 Å². The zero-order chi connectivity index (χ0) is 13.2. The first-order chi connectivity index (χ1) is 7.80. The predicted octanol–water partition coefficient (Wildman–Crippen LogP) is 0.876. The molecule has 0 aliphatic rings. The average molecular weight is 239 g/mol. The van der Waals surface area contributed by atoms with Crippen molar-refractivity contribution in [1.82, 2.24) is 0 Å². The number of hydrogen-bond acceptors (Lipinski definition) is 5. The molecule has 94 valence electrons.